The van der Waals surface area contributed by atoms with Crippen molar-refractivity contribution in [2.24, 2.45) is 5.92 Å². The standard InChI is InChI=1S/C16H31N3O/c1-4-8-14-17-15(13(2)3)16(20)19(14)12-11-18-9-6-5-7-10-18/h13-15,17H,4-12H2,1-3H3. The Morgan fingerprint density at radius 2 is 1.90 bits per heavy atom. The number of hydrogen-bond acceptors (Lipinski definition) is 3. The van der Waals surface area contributed by atoms with Crippen molar-refractivity contribution in [2.75, 3.05) is 26.2 Å². The molecule has 1 amide bonds. The second-order valence-electron chi connectivity index (χ2n) is 6.63. The Bertz CT molecular complexity index is 313. The van der Waals surface area contributed by atoms with Gasteiger partial charge in [-0.3, -0.25) is 10.1 Å². The van der Waals surface area contributed by atoms with E-state index in [9.17, 15) is 4.79 Å². The zero-order valence-electron chi connectivity index (χ0n) is 13.4. The van der Waals surface area contributed by atoms with Crippen LogP contribution in [0.25, 0.3) is 0 Å². The van der Waals surface area contributed by atoms with E-state index in [0.29, 0.717) is 11.8 Å². The van der Waals surface area contributed by atoms with Crippen LogP contribution in [0.4, 0.5) is 0 Å². The van der Waals surface area contributed by atoms with Crippen LogP contribution in [0.2, 0.25) is 0 Å². The number of nitrogens with zero attached hydrogens (tertiary/aromatic N) is 2. The molecule has 2 rings (SSSR count). The van der Waals surface area contributed by atoms with Gasteiger partial charge in [-0.15, -0.1) is 0 Å². The zero-order chi connectivity index (χ0) is 14.5. The van der Waals surface area contributed by atoms with Crippen LogP contribution in [0.15, 0.2) is 0 Å². The molecule has 1 N–H and O–H groups in total. The van der Waals surface area contributed by atoms with Gasteiger partial charge in [-0.1, -0.05) is 33.6 Å². The first kappa shape index (κ1) is 15.8. The maximum Gasteiger partial charge on any atom is 0.241 e. The van der Waals surface area contributed by atoms with E-state index < -0.39 is 0 Å². The first-order valence-corrected chi connectivity index (χ1v) is 8.42. The van der Waals surface area contributed by atoms with Crippen molar-refractivity contribution >= 4 is 5.91 Å². The van der Waals surface area contributed by atoms with Gasteiger partial charge < -0.3 is 9.80 Å². The molecule has 2 aliphatic heterocycles. The smallest absolute Gasteiger partial charge is 0.241 e. The molecule has 2 unspecified atom stereocenters. The molecular weight excluding hydrogens is 250 g/mol. The number of carbonyl (C=O) groups is 1. The summed E-state index contributed by atoms with van der Waals surface area (Å²) >= 11 is 0. The van der Waals surface area contributed by atoms with Gasteiger partial charge in [0.2, 0.25) is 5.91 Å². The van der Waals surface area contributed by atoms with E-state index in [4.69, 9.17) is 0 Å². The van der Waals surface area contributed by atoms with Gasteiger partial charge in [0.15, 0.2) is 0 Å². The Kier molecular flexibility index (Phi) is 5.85. The Morgan fingerprint density at radius 1 is 1.20 bits per heavy atom. The van der Waals surface area contributed by atoms with Gasteiger partial charge in [0.25, 0.3) is 0 Å². The largest absolute Gasteiger partial charge is 0.325 e. The zero-order valence-corrected chi connectivity index (χ0v) is 13.4. The molecule has 0 saturated carbocycles. The minimum Gasteiger partial charge on any atom is -0.325 e. The minimum atomic E-state index is 0.0212. The summed E-state index contributed by atoms with van der Waals surface area (Å²) in [5.74, 6) is 0.692. The van der Waals surface area contributed by atoms with Crippen molar-refractivity contribution < 1.29 is 4.79 Å². The van der Waals surface area contributed by atoms with Gasteiger partial charge in [-0.25, -0.2) is 0 Å². The molecule has 0 spiro atoms. The predicted molar refractivity (Wildman–Crippen MR) is 82.5 cm³/mol. The number of piperidine rings is 1. The van der Waals surface area contributed by atoms with Gasteiger partial charge in [0.1, 0.15) is 0 Å². The Hall–Kier alpha value is -0.610. The first-order valence-electron chi connectivity index (χ1n) is 8.42. The Morgan fingerprint density at radius 3 is 2.50 bits per heavy atom. The molecule has 0 radical (unpaired) electrons. The normalized spacial score (nSPS) is 28.6. The molecule has 20 heavy (non-hydrogen) atoms. The monoisotopic (exact) mass is 281 g/mol. The topological polar surface area (TPSA) is 35.6 Å². The van der Waals surface area contributed by atoms with Crippen LogP contribution in [-0.2, 0) is 4.79 Å². The van der Waals surface area contributed by atoms with Crippen molar-refractivity contribution in [1.82, 2.24) is 15.1 Å². The lowest BCUT2D eigenvalue weighted by atomic mass is 10.1. The molecule has 4 heteroatoms. The molecule has 0 aromatic carbocycles. The third-order valence-corrected chi connectivity index (χ3v) is 4.63. The van der Waals surface area contributed by atoms with Crippen LogP contribution < -0.4 is 5.32 Å². The highest BCUT2D eigenvalue weighted by Gasteiger charge is 2.39. The van der Waals surface area contributed by atoms with Crippen molar-refractivity contribution in [1.29, 1.82) is 0 Å². The van der Waals surface area contributed by atoms with Crippen LogP contribution >= 0.6 is 0 Å². The van der Waals surface area contributed by atoms with Crippen molar-refractivity contribution in [2.45, 2.75) is 65.1 Å². The highest BCUT2D eigenvalue weighted by atomic mass is 16.2. The molecule has 2 atom stereocenters. The predicted octanol–water partition coefficient (Wildman–Crippen LogP) is 2.05. The van der Waals surface area contributed by atoms with Crippen LogP contribution in [0.1, 0.15) is 52.9 Å². The number of nitrogens with one attached hydrogen (secondary N) is 1. The van der Waals surface area contributed by atoms with E-state index in [1.165, 1.54) is 32.4 Å². The van der Waals surface area contributed by atoms with E-state index in [1.807, 2.05) is 0 Å². The molecule has 2 aliphatic rings. The number of hydrogen-bond donors (Lipinski definition) is 1. The fourth-order valence-corrected chi connectivity index (χ4v) is 3.39. The van der Waals surface area contributed by atoms with Crippen molar-refractivity contribution in [3.05, 3.63) is 0 Å². The van der Waals surface area contributed by atoms with Crippen molar-refractivity contribution in [3.63, 3.8) is 0 Å². The number of rotatable bonds is 6. The molecule has 0 aromatic heterocycles. The summed E-state index contributed by atoms with van der Waals surface area (Å²) in [6, 6.07) is 0.0212. The molecule has 2 heterocycles. The lowest BCUT2D eigenvalue weighted by Gasteiger charge is -2.30. The summed E-state index contributed by atoms with van der Waals surface area (Å²) < 4.78 is 0. The maximum absolute atomic E-state index is 12.5. The average Bonchev–Trinajstić information content (AvgIpc) is 2.75. The summed E-state index contributed by atoms with van der Waals surface area (Å²) in [5.41, 5.74) is 0. The second-order valence-corrected chi connectivity index (χ2v) is 6.63. The van der Waals surface area contributed by atoms with Gasteiger partial charge in [0, 0.05) is 13.1 Å². The molecule has 0 aromatic rings. The fourth-order valence-electron chi connectivity index (χ4n) is 3.39. The van der Waals surface area contributed by atoms with Crippen LogP contribution in [0.5, 0.6) is 0 Å². The maximum atomic E-state index is 12.5. The minimum absolute atomic E-state index is 0.0212. The van der Waals surface area contributed by atoms with E-state index in [1.54, 1.807) is 0 Å². The van der Waals surface area contributed by atoms with Crippen LogP contribution in [0.3, 0.4) is 0 Å². The van der Waals surface area contributed by atoms with Gasteiger partial charge >= 0.3 is 0 Å². The molecule has 4 nitrogen and oxygen atoms in total. The molecule has 0 bridgehead atoms. The highest BCUT2D eigenvalue weighted by molar-refractivity contribution is 5.84. The summed E-state index contributed by atoms with van der Waals surface area (Å²) in [4.78, 5) is 17.2. The quantitative estimate of drug-likeness (QED) is 0.809. The third-order valence-electron chi connectivity index (χ3n) is 4.63. The number of likely N-dealkylation sites (tertiary alicyclic amines) is 1. The van der Waals surface area contributed by atoms with Crippen LogP contribution in [-0.4, -0.2) is 54.1 Å². The van der Waals surface area contributed by atoms with Crippen molar-refractivity contribution in [3.8, 4) is 0 Å². The summed E-state index contributed by atoms with van der Waals surface area (Å²) in [6.07, 6.45) is 6.45. The third kappa shape index (κ3) is 3.73. The van der Waals surface area contributed by atoms with Crippen LogP contribution in [0, 0.1) is 5.92 Å². The van der Waals surface area contributed by atoms with E-state index in [2.05, 4.69) is 35.9 Å². The molecule has 2 fully saturated rings. The molecule has 116 valence electrons. The highest BCUT2D eigenvalue weighted by Crippen LogP contribution is 2.20. The van der Waals surface area contributed by atoms with E-state index >= 15 is 0 Å². The summed E-state index contributed by atoms with van der Waals surface area (Å²) in [7, 11) is 0. The first-order chi connectivity index (χ1) is 9.63. The molecule has 0 aliphatic carbocycles. The molecule has 2 saturated heterocycles. The number of carbonyl (C=O) groups excluding carboxylic acids is 1. The Labute approximate surface area is 123 Å². The lowest BCUT2D eigenvalue weighted by molar-refractivity contribution is -0.131. The van der Waals surface area contributed by atoms with E-state index in [-0.39, 0.29) is 12.2 Å². The lowest BCUT2D eigenvalue weighted by Crippen LogP contribution is -2.43. The summed E-state index contributed by atoms with van der Waals surface area (Å²) in [6.45, 7) is 10.8. The van der Waals surface area contributed by atoms with Gasteiger partial charge in [-0.05, 0) is 38.3 Å². The second kappa shape index (κ2) is 7.41. The fraction of sp³-hybridized carbons (Fsp3) is 0.938. The van der Waals surface area contributed by atoms with Gasteiger partial charge in [-0.2, -0.15) is 0 Å². The SMILES string of the molecule is CCCC1NC(C(C)C)C(=O)N1CCN1CCCCC1. The number of amides is 1. The van der Waals surface area contributed by atoms with Gasteiger partial charge in [0.05, 0.1) is 12.2 Å². The summed E-state index contributed by atoms with van der Waals surface area (Å²) in [5, 5.41) is 3.54. The molecular formula is C16H31N3O. The average molecular weight is 281 g/mol. The Balaban J connectivity index is 1.90. The van der Waals surface area contributed by atoms with E-state index in [0.717, 1.165) is 25.9 Å².